The number of unbranched alkanes of at least 4 members (excludes halogenated alkanes) is 2. The van der Waals surface area contributed by atoms with Gasteiger partial charge in [-0.2, -0.15) is 0 Å². The largest absolute Gasteiger partial charge is 0.392 e. The number of ether oxygens (including phenoxy) is 1. The molecule has 0 saturated carbocycles. The Kier molecular flexibility index (Phi) is 11.1. The Labute approximate surface area is 145 Å². The number of aliphatic hydroxyl groups is 1. The normalized spacial score (nSPS) is 32.5. The van der Waals surface area contributed by atoms with E-state index in [0.29, 0.717) is 6.10 Å². The van der Waals surface area contributed by atoms with Crippen molar-refractivity contribution in [3.63, 3.8) is 0 Å². The molecular weight excluding hydrogens is 284 g/mol. The summed E-state index contributed by atoms with van der Waals surface area (Å²) in [5.41, 5.74) is 1.15. The van der Waals surface area contributed by atoms with Crippen LogP contribution in [0.1, 0.15) is 99.8 Å². The molecule has 0 radical (unpaired) electrons. The Bertz CT molecular complexity index is 335. The highest BCUT2D eigenvalue weighted by Gasteiger charge is 2.54. The Balaban J connectivity index is 0.000000594. The minimum absolute atomic E-state index is 0.149. The first-order valence-corrected chi connectivity index (χ1v) is 9.97. The predicted molar refractivity (Wildman–Crippen MR) is 102 cm³/mol. The first-order chi connectivity index (χ1) is 11.0. The lowest BCUT2D eigenvalue weighted by Gasteiger charge is -2.56. The van der Waals surface area contributed by atoms with Gasteiger partial charge in [-0.1, -0.05) is 66.9 Å². The van der Waals surface area contributed by atoms with Gasteiger partial charge in [0.1, 0.15) is 0 Å². The topological polar surface area (TPSA) is 29.5 Å². The minimum atomic E-state index is -0.197. The first kappa shape index (κ1) is 22.7. The second kappa shape index (κ2) is 11.3. The quantitative estimate of drug-likeness (QED) is 0.616. The number of hydrogen-bond donors (Lipinski definition) is 1. The maximum absolute atomic E-state index is 9.58. The third-order valence-electron chi connectivity index (χ3n) is 5.46. The fourth-order valence-corrected chi connectivity index (χ4v) is 4.07. The molecule has 0 aromatic heterocycles. The maximum atomic E-state index is 9.58. The highest BCUT2D eigenvalue weighted by atomic mass is 16.5. The van der Waals surface area contributed by atoms with E-state index in [2.05, 4.69) is 40.7 Å². The van der Waals surface area contributed by atoms with Crippen molar-refractivity contribution in [3.8, 4) is 0 Å². The standard InChI is InChI=1S/C14H24O2.C5H12.C2H6/c1-4-14-12(10-15)6-5-8-13(14,3)9-7-11(2)16-14;1-3-5-4-2;1-2/h6,11,15H,4-5,7-10H2,1-3H3;3-5H2,1-2H3;1-2H3/t11?,13-,14?;;/m0../s1. The molecule has 1 fully saturated rings. The van der Waals surface area contributed by atoms with Crippen LogP contribution in [0.2, 0.25) is 0 Å². The van der Waals surface area contributed by atoms with E-state index in [-0.39, 0.29) is 17.6 Å². The summed E-state index contributed by atoms with van der Waals surface area (Å²) in [7, 11) is 0. The molecule has 1 N–H and O–H groups in total. The zero-order chi connectivity index (χ0) is 17.9. The predicted octanol–water partition coefficient (Wildman–Crippen LogP) is 6.28. The van der Waals surface area contributed by atoms with E-state index in [9.17, 15) is 5.11 Å². The molecule has 0 spiro atoms. The van der Waals surface area contributed by atoms with Crippen LogP contribution in [0.4, 0.5) is 0 Å². The van der Waals surface area contributed by atoms with Gasteiger partial charge in [0.15, 0.2) is 0 Å². The monoisotopic (exact) mass is 326 g/mol. The van der Waals surface area contributed by atoms with E-state index in [4.69, 9.17) is 4.74 Å². The van der Waals surface area contributed by atoms with Crippen LogP contribution < -0.4 is 0 Å². The number of fused-ring (bicyclic) bond motifs is 1. The van der Waals surface area contributed by atoms with Gasteiger partial charge in [0.25, 0.3) is 0 Å². The SMILES string of the molecule is CC.CCC12OC(C)CC[C@]1(C)CCC=C2CO.CCCCC. The molecule has 138 valence electrons. The molecule has 1 saturated heterocycles. The molecule has 2 aliphatic rings. The summed E-state index contributed by atoms with van der Waals surface area (Å²) in [6, 6.07) is 0. The number of rotatable bonds is 4. The highest BCUT2D eigenvalue weighted by Crippen LogP contribution is 2.55. The molecule has 2 rings (SSSR count). The van der Waals surface area contributed by atoms with Crippen LogP contribution in [-0.2, 0) is 4.74 Å². The summed E-state index contributed by atoms with van der Waals surface area (Å²) in [6.07, 6.45) is 12.2. The summed E-state index contributed by atoms with van der Waals surface area (Å²) < 4.78 is 6.31. The van der Waals surface area contributed by atoms with E-state index in [1.165, 1.54) is 32.1 Å². The Morgan fingerprint density at radius 1 is 1.17 bits per heavy atom. The van der Waals surface area contributed by atoms with Crippen molar-refractivity contribution in [2.45, 2.75) is 112 Å². The van der Waals surface area contributed by atoms with Crippen LogP contribution >= 0.6 is 0 Å². The van der Waals surface area contributed by atoms with Crippen LogP contribution in [0.25, 0.3) is 0 Å². The van der Waals surface area contributed by atoms with Gasteiger partial charge in [-0.05, 0) is 44.6 Å². The van der Waals surface area contributed by atoms with Crippen LogP contribution in [0, 0.1) is 5.41 Å². The molecule has 3 atom stereocenters. The summed E-state index contributed by atoms with van der Waals surface area (Å²) in [6.45, 7) is 15.2. The van der Waals surface area contributed by atoms with Gasteiger partial charge >= 0.3 is 0 Å². The van der Waals surface area contributed by atoms with Gasteiger partial charge < -0.3 is 9.84 Å². The molecule has 2 unspecified atom stereocenters. The number of aliphatic hydroxyl groups excluding tert-OH is 1. The molecule has 1 aliphatic carbocycles. The Hall–Kier alpha value is -0.340. The zero-order valence-electron chi connectivity index (χ0n) is 16.9. The zero-order valence-corrected chi connectivity index (χ0v) is 16.9. The first-order valence-electron chi connectivity index (χ1n) is 9.97. The van der Waals surface area contributed by atoms with Crippen LogP contribution in [0.5, 0.6) is 0 Å². The second-order valence-electron chi connectivity index (χ2n) is 6.99. The van der Waals surface area contributed by atoms with Gasteiger partial charge in [0, 0.05) is 5.41 Å². The van der Waals surface area contributed by atoms with Crippen molar-refractivity contribution in [1.82, 2.24) is 0 Å². The molecule has 1 heterocycles. The average Bonchev–Trinajstić information content (AvgIpc) is 2.58. The number of hydrogen-bond acceptors (Lipinski definition) is 2. The van der Waals surface area contributed by atoms with Gasteiger partial charge in [-0.3, -0.25) is 0 Å². The fraction of sp³-hybridized carbons (Fsp3) is 0.905. The molecule has 23 heavy (non-hydrogen) atoms. The number of allylic oxidation sites excluding steroid dienone is 1. The van der Waals surface area contributed by atoms with Crippen molar-refractivity contribution in [1.29, 1.82) is 0 Å². The van der Waals surface area contributed by atoms with Crippen LogP contribution in [0.15, 0.2) is 11.6 Å². The lowest BCUT2D eigenvalue weighted by atomic mass is 9.59. The van der Waals surface area contributed by atoms with Crippen molar-refractivity contribution in [3.05, 3.63) is 11.6 Å². The summed E-state index contributed by atoms with van der Waals surface area (Å²) in [5, 5.41) is 9.58. The Morgan fingerprint density at radius 3 is 2.22 bits per heavy atom. The maximum Gasteiger partial charge on any atom is 0.0967 e. The van der Waals surface area contributed by atoms with Gasteiger partial charge in [-0.15, -0.1) is 0 Å². The minimum Gasteiger partial charge on any atom is -0.392 e. The van der Waals surface area contributed by atoms with Crippen molar-refractivity contribution in [2.75, 3.05) is 6.61 Å². The van der Waals surface area contributed by atoms with Crippen molar-refractivity contribution < 1.29 is 9.84 Å². The second-order valence-corrected chi connectivity index (χ2v) is 6.99. The van der Waals surface area contributed by atoms with E-state index in [0.717, 1.165) is 24.8 Å². The molecule has 1 aliphatic heterocycles. The van der Waals surface area contributed by atoms with E-state index >= 15 is 0 Å². The van der Waals surface area contributed by atoms with Crippen LogP contribution in [-0.4, -0.2) is 23.4 Å². The summed E-state index contributed by atoms with van der Waals surface area (Å²) in [5.74, 6) is 0. The van der Waals surface area contributed by atoms with Gasteiger partial charge in [0.2, 0.25) is 0 Å². The van der Waals surface area contributed by atoms with Gasteiger partial charge in [-0.25, -0.2) is 0 Å². The van der Waals surface area contributed by atoms with E-state index in [1.807, 2.05) is 13.8 Å². The third-order valence-corrected chi connectivity index (χ3v) is 5.46. The highest BCUT2D eigenvalue weighted by molar-refractivity contribution is 5.27. The van der Waals surface area contributed by atoms with Crippen LogP contribution in [0.3, 0.4) is 0 Å². The van der Waals surface area contributed by atoms with Crippen molar-refractivity contribution in [2.24, 2.45) is 5.41 Å². The third kappa shape index (κ3) is 5.32. The summed E-state index contributed by atoms with van der Waals surface area (Å²) >= 11 is 0. The summed E-state index contributed by atoms with van der Waals surface area (Å²) in [4.78, 5) is 0. The lowest BCUT2D eigenvalue weighted by Crippen LogP contribution is -2.56. The lowest BCUT2D eigenvalue weighted by molar-refractivity contribution is -0.185. The molecule has 0 aromatic carbocycles. The van der Waals surface area contributed by atoms with Crippen molar-refractivity contribution >= 4 is 0 Å². The molecule has 0 bridgehead atoms. The molecule has 0 amide bonds. The van der Waals surface area contributed by atoms with Gasteiger partial charge in [0.05, 0.1) is 18.3 Å². The smallest absolute Gasteiger partial charge is 0.0967 e. The van der Waals surface area contributed by atoms with E-state index in [1.54, 1.807) is 0 Å². The molecular formula is C21H42O2. The fourth-order valence-electron chi connectivity index (χ4n) is 4.07. The molecule has 2 nitrogen and oxygen atoms in total. The average molecular weight is 327 g/mol. The molecule has 2 heteroatoms. The Morgan fingerprint density at radius 2 is 1.78 bits per heavy atom. The molecule has 0 aromatic rings. The van der Waals surface area contributed by atoms with E-state index < -0.39 is 0 Å².